The van der Waals surface area contributed by atoms with Gasteiger partial charge in [0.15, 0.2) is 0 Å². The Hall–Kier alpha value is -0.710. The summed E-state index contributed by atoms with van der Waals surface area (Å²) in [4.78, 5) is 2.55. The van der Waals surface area contributed by atoms with Crippen LogP contribution in [0.5, 0.6) is 5.75 Å². The molecule has 20 heavy (non-hydrogen) atoms. The van der Waals surface area contributed by atoms with Gasteiger partial charge in [-0.25, -0.2) is 0 Å². The SMILES string of the molecule is COc1ccc(C)cc1C(C)NCCN1CCSCC1. The summed E-state index contributed by atoms with van der Waals surface area (Å²) in [6.45, 7) is 8.97. The summed E-state index contributed by atoms with van der Waals surface area (Å²) in [5.41, 5.74) is 2.53. The third-order valence-corrected chi connectivity index (χ3v) is 4.78. The number of thioether (sulfide) groups is 1. The number of ether oxygens (including phenoxy) is 1. The van der Waals surface area contributed by atoms with Gasteiger partial charge in [0.1, 0.15) is 5.75 Å². The van der Waals surface area contributed by atoms with E-state index in [0.29, 0.717) is 6.04 Å². The van der Waals surface area contributed by atoms with Crippen LogP contribution >= 0.6 is 11.8 Å². The van der Waals surface area contributed by atoms with Crippen LogP contribution in [0.3, 0.4) is 0 Å². The van der Waals surface area contributed by atoms with Gasteiger partial charge in [-0.1, -0.05) is 17.7 Å². The van der Waals surface area contributed by atoms with Crippen molar-refractivity contribution in [3.05, 3.63) is 29.3 Å². The molecule has 3 nitrogen and oxygen atoms in total. The molecule has 0 saturated carbocycles. The fourth-order valence-corrected chi connectivity index (χ4v) is 3.54. The number of rotatable bonds is 6. The van der Waals surface area contributed by atoms with Gasteiger partial charge in [-0.15, -0.1) is 0 Å². The van der Waals surface area contributed by atoms with E-state index in [1.54, 1.807) is 7.11 Å². The van der Waals surface area contributed by atoms with Gasteiger partial charge in [0.2, 0.25) is 0 Å². The van der Waals surface area contributed by atoms with E-state index in [4.69, 9.17) is 4.74 Å². The predicted octanol–water partition coefficient (Wildman–Crippen LogP) is 2.70. The first-order valence-corrected chi connectivity index (χ1v) is 8.54. The second kappa shape index (κ2) is 7.91. The lowest BCUT2D eigenvalue weighted by Crippen LogP contribution is -2.38. The van der Waals surface area contributed by atoms with E-state index in [1.165, 1.54) is 35.7 Å². The van der Waals surface area contributed by atoms with E-state index in [9.17, 15) is 0 Å². The van der Waals surface area contributed by atoms with Gasteiger partial charge in [0.05, 0.1) is 7.11 Å². The lowest BCUT2D eigenvalue weighted by Gasteiger charge is -2.27. The Morgan fingerprint density at radius 1 is 1.35 bits per heavy atom. The van der Waals surface area contributed by atoms with Crippen LogP contribution in [0.15, 0.2) is 18.2 Å². The van der Waals surface area contributed by atoms with Crippen LogP contribution in [0.2, 0.25) is 0 Å². The minimum atomic E-state index is 0.323. The van der Waals surface area contributed by atoms with Crippen molar-refractivity contribution >= 4 is 11.8 Å². The summed E-state index contributed by atoms with van der Waals surface area (Å²) >= 11 is 2.06. The van der Waals surface area contributed by atoms with E-state index in [-0.39, 0.29) is 0 Å². The number of hydrogen-bond acceptors (Lipinski definition) is 4. The molecule has 1 aliphatic heterocycles. The molecule has 0 aromatic heterocycles. The highest BCUT2D eigenvalue weighted by atomic mass is 32.2. The number of benzene rings is 1. The smallest absolute Gasteiger partial charge is 0.123 e. The van der Waals surface area contributed by atoms with Crippen molar-refractivity contribution in [2.24, 2.45) is 0 Å². The molecule has 1 heterocycles. The van der Waals surface area contributed by atoms with Crippen LogP contribution in [0.1, 0.15) is 24.1 Å². The number of nitrogens with one attached hydrogen (secondary N) is 1. The van der Waals surface area contributed by atoms with Gasteiger partial charge >= 0.3 is 0 Å². The van der Waals surface area contributed by atoms with Crippen molar-refractivity contribution < 1.29 is 4.74 Å². The first-order chi connectivity index (χ1) is 9.70. The summed E-state index contributed by atoms with van der Waals surface area (Å²) in [6, 6.07) is 6.70. The quantitative estimate of drug-likeness (QED) is 0.872. The second-order valence-electron chi connectivity index (χ2n) is 5.38. The monoisotopic (exact) mass is 294 g/mol. The molecule has 1 saturated heterocycles. The highest BCUT2D eigenvalue weighted by Gasteiger charge is 2.13. The maximum atomic E-state index is 5.46. The van der Waals surface area contributed by atoms with E-state index in [2.05, 4.69) is 54.0 Å². The van der Waals surface area contributed by atoms with Gasteiger partial charge in [-0.3, -0.25) is 0 Å². The summed E-state index contributed by atoms with van der Waals surface area (Å²) in [5, 5.41) is 3.62. The molecule has 1 fully saturated rings. The number of methoxy groups -OCH3 is 1. The Balaban J connectivity index is 1.84. The van der Waals surface area contributed by atoms with Crippen molar-refractivity contribution in [1.82, 2.24) is 10.2 Å². The molecule has 0 aliphatic carbocycles. The van der Waals surface area contributed by atoms with E-state index in [0.717, 1.165) is 18.8 Å². The molecule has 0 spiro atoms. The zero-order chi connectivity index (χ0) is 14.4. The number of nitrogens with zero attached hydrogens (tertiary/aromatic N) is 1. The topological polar surface area (TPSA) is 24.5 Å². The fourth-order valence-electron chi connectivity index (χ4n) is 2.57. The second-order valence-corrected chi connectivity index (χ2v) is 6.60. The Labute approximate surface area is 127 Å². The fraction of sp³-hybridized carbons (Fsp3) is 0.625. The molecule has 0 amide bonds. The minimum Gasteiger partial charge on any atom is -0.496 e. The van der Waals surface area contributed by atoms with Crippen molar-refractivity contribution in [3.8, 4) is 5.75 Å². The zero-order valence-electron chi connectivity index (χ0n) is 12.8. The summed E-state index contributed by atoms with van der Waals surface area (Å²) in [7, 11) is 1.74. The van der Waals surface area contributed by atoms with Crippen LogP contribution in [-0.4, -0.2) is 49.7 Å². The van der Waals surface area contributed by atoms with Crippen molar-refractivity contribution in [2.45, 2.75) is 19.9 Å². The molecule has 2 rings (SSSR count). The molecule has 1 atom stereocenters. The van der Waals surface area contributed by atoms with Crippen LogP contribution in [0.4, 0.5) is 0 Å². The largest absolute Gasteiger partial charge is 0.496 e. The molecule has 1 aromatic rings. The van der Waals surface area contributed by atoms with E-state index in [1.807, 2.05) is 0 Å². The maximum absolute atomic E-state index is 5.46. The molecule has 1 aromatic carbocycles. The lowest BCUT2D eigenvalue weighted by molar-refractivity contribution is 0.296. The molecular formula is C16H26N2OS. The van der Waals surface area contributed by atoms with Crippen molar-refractivity contribution in [1.29, 1.82) is 0 Å². The van der Waals surface area contributed by atoms with Crippen molar-refractivity contribution in [2.75, 3.05) is 44.8 Å². The molecule has 1 N–H and O–H groups in total. The van der Waals surface area contributed by atoms with Gasteiger partial charge in [-0.05, 0) is 19.9 Å². The Morgan fingerprint density at radius 2 is 2.10 bits per heavy atom. The van der Waals surface area contributed by atoms with E-state index >= 15 is 0 Å². The summed E-state index contributed by atoms with van der Waals surface area (Å²) in [5.74, 6) is 3.53. The number of aryl methyl sites for hydroxylation is 1. The van der Waals surface area contributed by atoms with Crippen LogP contribution < -0.4 is 10.1 Å². The molecule has 1 aliphatic rings. The zero-order valence-corrected chi connectivity index (χ0v) is 13.6. The first-order valence-electron chi connectivity index (χ1n) is 7.38. The van der Waals surface area contributed by atoms with Crippen molar-refractivity contribution in [3.63, 3.8) is 0 Å². The Morgan fingerprint density at radius 3 is 2.80 bits per heavy atom. The number of hydrogen-bond donors (Lipinski definition) is 1. The highest BCUT2D eigenvalue weighted by Crippen LogP contribution is 2.25. The normalized spacial score (nSPS) is 17.9. The first kappa shape index (κ1) is 15.7. The lowest BCUT2D eigenvalue weighted by atomic mass is 10.0. The van der Waals surface area contributed by atoms with Gasteiger partial charge in [-0.2, -0.15) is 11.8 Å². The van der Waals surface area contributed by atoms with Gasteiger partial charge < -0.3 is 15.0 Å². The standard InChI is InChI=1S/C16H26N2OS/c1-13-4-5-16(19-3)15(12-13)14(2)17-6-7-18-8-10-20-11-9-18/h4-5,12,14,17H,6-11H2,1-3H3. The summed E-state index contributed by atoms with van der Waals surface area (Å²) in [6.07, 6.45) is 0. The average molecular weight is 294 g/mol. The molecule has 4 heteroatoms. The molecule has 0 bridgehead atoms. The third-order valence-electron chi connectivity index (χ3n) is 3.83. The van der Waals surface area contributed by atoms with Gasteiger partial charge in [0, 0.05) is 49.3 Å². The predicted molar refractivity (Wildman–Crippen MR) is 87.9 cm³/mol. The Kier molecular flexibility index (Phi) is 6.20. The minimum absolute atomic E-state index is 0.323. The van der Waals surface area contributed by atoms with E-state index < -0.39 is 0 Å². The highest BCUT2D eigenvalue weighted by molar-refractivity contribution is 7.99. The third kappa shape index (κ3) is 4.40. The average Bonchev–Trinajstić information content (AvgIpc) is 2.48. The molecule has 112 valence electrons. The Bertz CT molecular complexity index is 419. The summed E-state index contributed by atoms with van der Waals surface area (Å²) < 4.78 is 5.46. The van der Waals surface area contributed by atoms with Crippen LogP contribution in [0, 0.1) is 6.92 Å². The van der Waals surface area contributed by atoms with Crippen LogP contribution in [-0.2, 0) is 0 Å². The van der Waals surface area contributed by atoms with Crippen LogP contribution in [0.25, 0.3) is 0 Å². The molecule has 0 radical (unpaired) electrons. The molecular weight excluding hydrogens is 268 g/mol. The van der Waals surface area contributed by atoms with Gasteiger partial charge in [0.25, 0.3) is 0 Å². The molecule has 1 unspecified atom stereocenters. The maximum Gasteiger partial charge on any atom is 0.123 e.